The number of pyridine rings is 1. The molecule has 0 radical (unpaired) electrons. The van der Waals surface area contributed by atoms with Gasteiger partial charge < -0.3 is 10.4 Å². The fraction of sp³-hybridized carbons (Fsp3) is 0.214. The fourth-order valence-corrected chi connectivity index (χ4v) is 2.02. The van der Waals surface area contributed by atoms with Crippen molar-refractivity contribution in [2.24, 2.45) is 0 Å². The standard InChI is InChI=1S/C14H14ClN3O3/c15-13-7-12(18(20)21)8-17-14(13)16-6-5-10-1-3-11(9-19)4-2-10/h1-4,7-8,19H,5-6,9H2,(H,16,17). The average Bonchev–Trinajstić information content (AvgIpc) is 2.49. The third-order valence-corrected chi connectivity index (χ3v) is 3.24. The van der Waals surface area contributed by atoms with Gasteiger partial charge in [-0.25, -0.2) is 4.98 Å². The molecule has 2 aromatic rings. The largest absolute Gasteiger partial charge is 0.392 e. The molecule has 0 atom stereocenters. The van der Waals surface area contributed by atoms with Gasteiger partial charge in [-0.15, -0.1) is 0 Å². The summed E-state index contributed by atoms with van der Waals surface area (Å²) in [6, 6.07) is 8.89. The summed E-state index contributed by atoms with van der Waals surface area (Å²) in [5, 5.41) is 22.8. The Labute approximate surface area is 126 Å². The molecule has 0 fully saturated rings. The van der Waals surface area contributed by atoms with E-state index in [0.29, 0.717) is 12.4 Å². The van der Waals surface area contributed by atoms with E-state index in [1.807, 2.05) is 24.3 Å². The SMILES string of the molecule is O=[N+]([O-])c1cnc(NCCc2ccc(CO)cc2)c(Cl)c1. The first-order valence-corrected chi connectivity index (χ1v) is 6.70. The Balaban J connectivity index is 1.92. The quantitative estimate of drug-likeness (QED) is 0.633. The second-order valence-corrected chi connectivity index (χ2v) is 4.84. The Morgan fingerprint density at radius 2 is 1.95 bits per heavy atom. The van der Waals surface area contributed by atoms with Gasteiger partial charge in [0.25, 0.3) is 5.69 Å². The first-order valence-electron chi connectivity index (χ1n) is 6.32. The van der Waals surface area contributed by atoms with Crippen molar-refractivity contribution in [3.63, 3.8) is 0 Å². The Bertz CT molecular complexity index is 632. The molecule has 6 nitrogen and oxygen atoms in total. The number of nitrogens with zero attached hydrogens (tertiary/aromatic N) is 2. The third kappa shape index (κ3) is 4.14. The highest BCUT2D eigenvalue weighted by atomic mass is 35.5. The van der Waals surface area contributed by atoms with Crippen molar-refractivity contribution in [2.45, 2.75) is 13.0 Å². The lowest BCUT2D eigenvalue weighted by molar-refractivity contribution is -0.385. The van der Waals surface area contributed by atoms with Crippen LogP contribution in [0.4, 0.5) is 11.5 Å². The van der Waals surface area contributed by atoms with E-state index < -0.39 is 4.92 Å². The Morgan fingerprint density at radius 1 is 1.29 bits per heavy atom. The molecule has 7 heteroatoms. The molecular weight excluding hydrogens is 294 g/mol. The van der Waals surface area contributed by atoms with Crippen LogP contribution in [0.3, 0.4) is 0 Å². The van der Waals surface area contributed by atoms with Crippen molar-refractivity contribution in [1.82, 2.24) is 4.98 Å². The summed E-state index contributed by atoms with van der Waals surface area (Å²) in [4.78, 5) is 14.0. The van der Waals surface area contributed by atoms with E-state index in [0.717, 1.165) is 17.5 Å². The van der Waals surface area contributed by atoms with Gasteiger partial charge in [0, 0.05) is 12.6 Å². The van der Waals surface area contributed by atoms with Crippen LogP contribution in [0.1, 0.15) is 11.1 Å². The molecule has 0 amide bonds. The number of hydrogen-bond donors (Lipinski definition) is 2. The lowest BCUT2D eigenvalue weighted by Gasteiger charge is -2.07. The van der Waals surface area contributed by atoms with Crippen molar-refractivity contribution in [1.29, 1.82) is 0 Å². The van der Waals surface area contributed by atoms with E-state index in [2.05, 4.69) is 10.3 Å². The van der Waals surface area contributed by atoms with Crippen LogP contribution in [-0.2, 0) is 13.0 Å². The van der Waals surface area contributed by atoms with Gasteiger partial charge in [-0.1, -0.05) is 35.9 Å². The van der Waals surface area contributed by atoms with Crippen LogP contribution < -0.4 is 5.32 Å². The van der Waals surface area contributed by atoms with Crippen LogP contribution in [0.15, 0.2) is 36.5 Å². The first kappa shape index (κ1) is 15.2. The molecule has 1 heterocycles. The van der Waals surface area contributed by atoms with E-state index in [4.69, 9.17) is 16.7 Å². The van der Waals surface area contributed by atoms with Gasteiger partial charge in [0.2, 0.25) is 0 Å². The summed E-state index contributed by atoms with van der Waals surface area (Å²) in [7, 11) is 0. The summed E-state index contributed by atoms with van der Waals surface area (Å²) in [6.45, 7) is 0.629. The zero-order valence-electron chi connectivity index (χ0n) is 11.1. The van der Waals surface area contributed by atoms with Gasteiger partial charge in [-0.2, -0.15) is 0 Å². The highest BCUT2D eigenvalue weighted by Crippen LogP contribution is 2.23. The molecule has 21 heavy (non-hydrogen) atoms. The van der Waals surface area contributed by atoms with Gasteiger partial charge in [0.15, 0.2) is 0 Å². The second-order valence-electron chi connectivity index (χ2n) is 4.43. The van der Waals surface area contributed by atoms with Crippen LogP contribution in [0, 0.1) is 10.1 Å². The van der Waals surface area contributed by atoms with E-state index in [1.54, 1.807) is 0 Å². The second kappa shape index (κ2) is 7.01. The average molecular weight is 308 g/mol. The molecule has 0 unspecified atom stereocenters. The number of rotatable bonds is 6. The van der Waals surface area contributed by atoms with Crippen molar-refractivity contribution in [2.75, 3.05) is 11.9 Å². The summed E-state index contributed by atoms with van der Waals surface area (Å²) in [6.07, 6.45) is 1.92. The van der Waals surface area contributed by atoms with E-state index >= 15 is 0 Å². The molecule has 0 aliphatic carbocycles. The van der Waals surface area contributed by atoms with Crippen LogP contribution in [-0.4, -0.2) is 21.6 Å². The number of aromatic nitrogens is 1. The smallest absolute Gasteiger partial charge is 0.289 e. The number of aliphatic hydroxyl groups excluding tert-OH is 1. The van der Waals surface area contributed by atoms with Gasteiger partial charge in [-0.05, 0) is 17.5 Å². The van der Waals surface area contributed by atoms with Crippen molar-refractivity contribution in [3.8, 4) is 0 Å². The third-order valence-electron chi connectivity index (χ3n) is 2.95. The van der Waals surface area contributed by atoms with Gasteiger partial charge in [0.1, 0.15) is 12.0 Å². The minimum Gasteiger partial charge on any atom is -0.392 e. The van der Waals surface area contributed by atoms with Crippen LogP contribution in [0.5, 0.6) is 0 Å². The Kier molecular flexibility index (Phi) is 5.08. The number of nitrogens with one attached hydrogen (secondary N) is 1. The highest BCUT2D eigenvalue weighted by Gasteiger charge is 2.10. The van der Waals surface area contributed by atoms with Crippen molar-refractivity contribution in [3.05, 3.63) is 62.8 Å². The Morgan fingerprint density at radius 3 is 2.52 bits per heavy atom. The predicted molar refractivity (Wildman–Crippen MR) is 80.5 cm³/mol. The molecule has 0 aliphatic heterocycles. The summed E-state index contributed by atoms with van der Waals surface area (Å²) in [5.74, 6) is 0.425. The summed E-state index contributed by atoms with van der Waals surface area (Å²) in [5.41, 5.74) is 1.84. The lowest BCUT2D eigenvalue weighted by atomic mass is 10.1. The number of aliphatic hydroxyl groups is 1. The van der Waals surface area contributed by atoms with Crippen molar-refractivity contribution >= 4 is 23.1 Å². The van der Waals surface area contributed by atoms with E-state index in [-0.39, 0.29) is 17.3 Å². The first-order chi connectivity index (χ1) is 10.1. The van der Waals surface area contributed by atoms with Crippen molar-refractivity contribution < 1.29 is 10.0 Å². The number of nitro groups is 1. The maximum atomic E-state index is 10.6. The normalized spacial score (nSPS) is 10.4. The lowest BCUT2D eigenvalue weighted by Crippen LogP contribution is -2.07. The molecule has 0 spiro atoms. The van der Waals surface area contributed by atoms with Crippen LogP contribution in [0.25, 0.3) is 0 Å². The monoisotopic (exact) mass is 307 g/mol. The summed E-state index contributed by atoms with van der Waals surface area (Å²) >= 11 is 5.94. The molecular formula is C14H14ClN3O3. The minimum absolute atomic E-state index is 0.0286. The van der Waals surface area contributed by atoms with Gasteiger partial charge in [0.05, 0.1) is 16.6 Å². The zero-order valence-corrected chi connectivity index (χ0v) is 11.9. The van der Waals surface area contributed by atoms with Crippen LogP contribution >= 0.6 is 11.6 Å². The highest BCUT2D eigenvalue weighted by molar-refractivity contribution is 6.33. The fourth-order valence-electron chi connectivity index (χ4n) is 1.79. The predicted octanol–water partition coefficient (Wildman–Crippen LogP) is 2.79. The molecule has 2 rings (SSSR count). The molecule has 2 N–H and O–H groups in total. The van der Waals surface area contributed by atoms with Gasteiger partial charge >= 0.3 is 0 Å². The van der Waals surface area contributed by atoms with Crippen LogP contribution in [0.2, 0.25) is 5.02 Å². The molecule has 0 saturated carbocycles. The number of benzene rings is 1. The maximum Gasteiger partial charge on any atom is 0.289 e. The molecule has 1 aromatic heterocycles. The van der Waals surface area contributed by atoms with Gasteiger partial charge in [-0.3, -0.25) is 10.1 Å². The summed E-state index contributed by atoms with van der Waals surface area (Å²) < 4.78 is 0. The molecule has 0 saturated heterocycles. The molecule has 110 valence electrons. The maximum absolute atomic E-state index is 10.6. The molecule has 0 bridgehead atoms. The molecule has 0 aliphatic rings. The molecule has 1 aromatic carbocycles. The number of halogens is 1. The number of hydrogen-bond acceptors (Lipinski definition) is 5. The Hall–Kier alpha value is -2.18. The van der Waals surface area contributed by atoms with E-state index in [1.165, 1.54) is 12.3 Å². The van der Waals surface area contributed by atoms with E-state index in [9.17, 15) is 10.1 Å². The minimum atomic E-state index is -0.536. The zero-order chi connectivity index (χ0) is 15.2. The number of anilines is 1. The topological polar surface area (TPSA) is 88.3 Å².